The highest BCUT2D eigenvalue weighted by atomic mass is 16.7. The van der Waals surface area contributed by atoms with Gasteiger partial charge in [-0.1, -0.05) is 18.2 Å². The molecule has 1 saturated heterocycles. The highest BCUT2D eigenvalue weighted by Crippen LogP contribution is 2.42. The summed E-state index contributed by atoms with van der Waals surface area (Å²) in [4.78, 5) is 29.6. The zero-order valence-corrected chi connectivity index (χ0v) is 16.0. The lowest BCUT2D eigenvalue weighted by molar-refractivity contribution is -0.134. The van der Waals surface area contributed by atoms with Crippen LogP contribution in [0.15, 0.2) is 48.5 Å². The summed E-state index contributed by atoms with van der Waals surface area (Å²) in [6.45, 7) is 3.22. The minimum Gasteiger partial charge on any atom is -0.454 e. The fourth-order valence-corrected chi connectivity index (χ4v) is 4.03. The van der Waals surface area contributed by atoms with E-state index in [2.05, 4.69) is 22.3 Å². The lowest BCUT2D eigenvalue weighted by atomic mass is 10.2. The van der Waals surface area contributed by atoms with Crippen molar-refractivity contribution < 1.29 is 19.1 Å². The van der Waals surface area contributed by atoms with Gasteiger partial charge in [-0.05, 0) is 30.7 Å². The van der Waals surface area contributed by atoms with E-state index in [4.69, 9.17) is 9.47 Å². The molecule has 7 nitrogen and oxygen atoms in total. The Kier molecular flexibility index (Phi) is 4.50. The Balaban J connectivity index is 1.13. The molecule has 3 aliphatic rings. The molecule has 2 fully saturated rings. The highest BCUT2D eigenvalue weighted by molar-refractivity contribution is 5.99. The number of hydrogen-bond donors (Lipinski definition) is 1. The molecule has 2 aliphatic heterocycles. The maximum Gasteiger partial charge on any atom is 0.231 e. The van der Waals surface area contributed by atoms with Crippen molar-refractivity contribution in [1.29, 1.82) is 0 Å². The first-order chi connectivity index (χ1) is 14.2. The predicted molar refractivity (Wildman–Crippen MR) is 108 cm³/mol. The average Bonchev–Trinajstić information content (AvgIpc) is 3.44. The number of para-hydroxylation sites is 1. The van der Waals surface area contributed by atoms with Crippen LogP contribution in [0.5, 0.6) is 11.5 Å². The molecule has 2 aromatic carbocycles. The van der Waals surface area contributed by atoms with E-state index in [1.54, 1.807) is 18.2 Å². The van der Waals surface area contributed by atoms with Crippen molar-refractivity contribution in [2.45, 2.75) is 6.42 Å². The molecule has 0 spiro atoms. The van der Waals surface area contributed by atoms with Crippen molar-refractivity contribution in [3.63, 3.8) is 0 Å². The Morgan fingerprint density at radius 2 is 1.66 bits per heavy atom. The van der Waals surface area contributed by atoms with Crippen LogP contribution in [0.4, 0.5) is 11.4 Å². The molecule has 0 aromatic heterocycles. The summed E-state index contributed by atoms with van der Waals surface area (Å²) < 4.78 is 10.6. The summed E-state index contributed by atoms with van der Waals surface area (Å²) in [5.74, 6) is 0.848. The van der Waals surface area contributed by atoms with Crippen molar-refractivity contribution in [3.05, 3.63) is 48.5 Å². The maximum atomic E-state index is 12.8. The molecular formula is C22H23N3O4. The number of hydrogen-bond acceptors (Lipinski definition) is 5. The Labute approximate surface area is 169 Å². The van der Waals surface area contributed by atoms with Gasteiger partial charge in [0.2, 0.25) is 18.6 Å². The van der Waals surface area contributed by atoms with E-state index in [-0.39, 0.29) is 30.4 Å². The van der Waals surface area contributed by atoms with Crippen LogP contribution in [0.3, 0.4) is 0 Å². The zero-order valence-electron chi connectivity index (χ0n) is 16.0. The van der Waals surface area contributed by atoms with Gasteiger partial charge in [0.05, 0.1) is 11.8 Å². The smallest absolute Gasteiger partial charge is 0.231 e. The van der Waals surface area contributed by atoms with Crippen molar-refractivity contribution in [2.75, 3.05) is 43.2 Å². The van der Waals surface area contributed by atoms with Crippen LogP contribution in [0, 0.1) is 11.8 Å². The molecule has 29 heavy (non-hydrogen) atoms. The number of amides is 2. The number of nitrogens with zero attached hydrogens (tertiary/aromatic N) is 2. The standard InChI is InChI=1S/C22H23N3O4/c26-21(23-15-6-7-19-20(12-15)29-14-28-19)17-13-18(17)22(27)25-10-8-24(9-11-25)16-4-2-1-3-5-16/h1-7,12,17-18H,8-11,13-14H2,(H,23,26). The second kappa shape index (κ2) is 7.31. The first-order valence-corrected chi connectivity index (χ1v) is 9.98. The number of nitrogens with one attached hydrogen (secondary N) is 1. The van der Waals surface area contributed by atoms with Crippen LogP contribution in [0.2, 0.25) is 0 Å². The molecule has 0 bridgehead atoms. The van der Waals surface area contributed by atoms with E-state index in [9.17, 15) is 9.59 Å². The van der Waals surface area contributed by atoms with E-state index in [1.807, 2.05) is 23.1 Å². The number of fused-ring (bicyclic) bond motifs is 1. The third-order valence-corrected chi connectivity index (χ3v) is 5.80. The maximum absolute atomic E-state index is 12.8. The highest BCUT2D eigenvalue weighted by Gasteiger charge is 2.49. The number of ether oxygens (including phenoxy) is 2. The van der Waals surface area contributed by atoms with Crippen molar-refractivity contribution in [1.82, 2.24) is 4.90 Å². The normalized spacial score (nSPS) is 22.3. The van der Waals surface area contributed by atoms with Crippen LogP contribution in [-0.4, -0.2) is 49.7 Å². The van der Waals surface area contributed by atoms with Gasteiger partial charge in [-0.2, -0.15) is 0 Å². The van der Waals surface area contributed by atoms with E-state index < -0.39 is 0 Å². The van der Waals surface area contributed by atoms with Crippen LogP contribution in [0.1, 0.15) is 6.42 Å². The Hall–Kier alpha value is -3.22. The molecule has 5 rings (SSSR count). The minimum absolute atomic E-state index is 0.101. The Morgan fingerprint density at radius 3 is 2.45 bits per heavy atom. The molecule has 150 valence electrons. The molecule has 2 unspecified atom stereocenters. The van der Waals surface area contributed by atoms with Crippen LogP contribution < -0.4 is 19.7 Å². The van der Waals surface area contributed by atoms with Crippen molar-refractivity contribution >= 4 is 23.2 Å². The number of piperazine rings is 1. The SMILES string of the molecule is O=C(Nc1ccc2c(c1)OCO2)C1CC1C(=O)N1CCN(c2ccccc2)CC1. The fourth-order valence-electron chi connectivity index (χ4n) is 4.03. The molecule has 2 amide bonds. The summed E-state index contributed by atoms with van der Waals surface area (Å²) in [6.07, 6.45) is 0.619. The summed E-state index contributed by atoms with van der Waals surface area (Å²) in [5.41, 5.74) is 1.85. The van der Waals surface area contributed by atoms with Gasteiger partial charge in [-0.15, -0.1) is 0 Å². The molecule has 2 heterocycles. The lowest BCUT2D eigenvalue weighted by Gasteiger charge is -2.36. The van der Waals surface area contributed by atoms with Gasteiger partial charge < -0.3 is 24.6 Å². The summed E-state index contributed by atoms with van der Waals surface area (Å²) in [5, 5.41) is 2.90. The Morgan fingerprint density at radius 1 is 0.897 bits per heavy atom. The van der Waals surface area contributed by atoms with Gasteiger partial charge in [0, 0.05) is 43.6 Å². The second-order valence-electron chi connectivity index (χ2n) is 7.65. The topological polar surface area (TPSA) is 71.1 Å². The van der Waals surface area contributed by atoms with Gasteiger partial charge in [0.15, 0.2) is 11.5 Å². The van der Waals surface area contributed by atoms with Gasteiger partial charge in [0.1, 0.15) is 0 Å². The van der Waals surface area contributed by atoms with E-state index in [0.717, 1.165) is 13.1 Å². The third-order valence-electron chi connectivity index (χ3n) is 5.80. The summed E-state index contributed by atoms with van der Waals surface area (Å²) >= 11 is 0. The number of carbonyl (C=O) groups excluding carboxylic acids is 2. The monoisotopic (exact) mass is 393 g/mol. The average molecular weight is 393 g/mol. The lowest BCUT2D eigenvalue weighted by Crippen LogP contribution is -2.49. The number of carbonyl (C=O) groups is 2. The molecule has 2 atom stereocenters. The van der Waals surface area contributed by atoms with Gasteiger partial charge in [-0.25, -0.2) is 0 Å². The van der Waals surface area contributed by atoms with Crippen LogP contribution in [0.25, 0.3) is 0 Å². The molecule has 7 heteroatoms. The van der Waals surface area contributed by atoms with Crippen LogP contribution in [-0.2, 0) is 9.59 Å². The van der Waals surface area contributed by atoms with Gasteiger partial charge in [0.25, 0.3) is 0 Å². The Bertz CT molecular complexity index is 925. The quantitative estimate of drug-likeness (QED) is 0.863. The number of benzene rings is 2. The fraction of sp³-hybridized carbons (Fsp3) is 0.364. The number of rotatable bonds is 4. The summed E-state index contributed by atoms with van der Waals surface area (Å²) in [7, 11) is 0. The third kappa shape index (κ3) is 3.60. The second-order valence-corrected chi connectivity index (χ2v) is 7.65. The largest absolute Gasteiger partial charge is 0.454 e. The molecule has 1 saturated carbocycles. The number of anilines is 2. The molecule has 0 radical (unpaired) electrons. The molecule has 2 aromatic rings. The first-order valence-electron chi connectivity index (χ1n) is 9.98. The predicted octanol–water partition coefficient (Wildman–Crippen LogP) is 2.34. The van der Waals surface area contributed by atoms with E-state index in [0.29, 0.717) is 36.7 Å². The first kappa shape index (κ1) is 17.8. The molecule has 1 aliphatic carbocycles. The van der Waals surface area contributed by atoms with E-state index in [1.165, 1.54) is 5.69 Å². The van der Waals surface area contributed by atoms with Gasteiger partial charge >= 0.3 is 0 Å². The van der Waals surface area contributed by atoms with Gasteiger partial charge in [-0.3, -0.25) is 9.59 Å². The summed E-state index contributed by atoms with van der Waals surface area (Å²) in [6, 6.07) is 15.6. The van der Waals surface area contributed by atoms with Crippen LogP contribution >= 0.6 is 0 Å². The molecule has 1 N–H and O–H groups in total. The zero-order chi connectivity index (χ0) is 19.8. The van der Waals surface area contributed by atoms with E-state index >= 15 is 0 Å². The van der Waals surface area contributed by atoms with Crippen molar-refractivity contribution in [2.24, 2.45) is 11.8 Å². The van der Waals surface area contributed by atoms with Crippen molar-refractivity contribution in [3.8, 4) is 11.5 Å². The minimum atomic E-state index is -0.250. The molecular weight excluding hydrogens is 370 g/mol.